The number of hydrogen-bond donors (Lipinski definition) is 1. The maximum Gasteiger partial charge on any atom is 0.102 e. The highest BCUT2D eigenvalue weighted by molar-refractivity contribution is 9.10. The highest BCUT2D eigenvalue weighted by Crippen LogP contribution is 2.36. The third kappa shape index (κ3) is 2.56. The van der Waals surface area contributed by atoms with E-state index in [0.29, 0.717) is 0 Å². The Bertz CT molecular complexity index is 381. The average molecular weight is 303 g/mol. The monoisotopic (exact) mass is 302 g/mol. The van der Waals surface area contributed by atoms with E-state index < -0.39 is 6.10 Å². The van der Waals surface area contributed by atoms with E-state index in [2.05, 4.69) is 28.0 Å². The Morgan fingerprint density at radius 3 is 3.06 bits per heavy atom. The molecule has 0 bridgehead atoms. The average Bonchev–Trinajstić information content (AvgIpc) is 2.86. The topological polar surface area (TPSA) is 47.3 Å². The van der Waals surface area contributed by atoms with Gasteiger partial charge in [0.2, 0.25) is 0 Å². The van der Waals surface area contributed by atoms with E-state index in [1.165, 1.54) is 0 Å². The highest BCUT2D eigenvalue weighted by Gasteiger charge is 2.34. The van der Waals surface area contributed by atoms with E-state index in [-0.39, 0.29) is 12.0 Å². The van der Waals surface area contributed by atoms with Crippen LogP contribution < -0.4 is 0 Å². The normalized spacial score (nSPS) is 26.4. The maximum absolute atomic E-state index is 10.5. The molecule has 0 spiro atoms. The van der Waals surface area contributed by atoms with Crippen LogP contribution in [0.3, 0.4) is 0 Å². The molecule has 0 saturated carbocycles. The first-order valence-electron chi connectivity index (χ1n) is 6.16. The van der Waals surface area contributed by atoms with Gasteiger partial charge in [0.15, 0.2) is 0 Å². The number of nitrogens with zero attached hydrogens (tertiary/aromatic N) is 2. The Morgan fingerprint density at radius 2 is 2.47 bits per heavy atom. The molecule has 1 saturated heterocycles. The molecule has 3 unspecified atom stereocenters. The summed E-state index contributed by atoms with van der Waals surface area (Å²) in [5, 5.41) is 14.8. The summed E-state index contributed by atoms with van der Waals surface area (Å²) in [6, 6.07) is 0. The van der Waals surface area contributed by atoms with Crippen LogP contribution in [0.15, 0.2) is 10.7 Å². The number of halogens is 1. The molecule has 1 aliphatic rings. The fourth-order valence-corrected chi connectivity index (χ4v) is 2.95. The van der Waals surface area contributed by atoms with Crippen LogP contribution in [-0.4, -0.2) is 27.6 Å². The highest BCUT2D eigenvalue weighted by atomic mass is 79.9. The molecule has 1 aromatic rings. The van der Waals surface area contributed by atoms with Crippen LogP contribution in [0.4, 0.5) is 0 Å². The van der Waals surface area contributed by atoms with Gasteiger partial charge in [0, 0.05) is 19.1 Å². The van der Waals surface area contributed by atoms with Crippen LogP contribution >= 0.6 is 15.9 Å². The largest absolute Gasteiger partial charge is 0.386 e. The minimum absolute atomic E-state index is 0.113. The van der Waals surface area contributed by atoms with Gasteiger partial charge in [0.25, 0.3) is 0 Å². The van der Waals surface area contributed by atoms with Gasteiger partial charge in [-0.05, 0) is 35.7 Å². The molecule has 2 rings (SSSR count). The van der Waals surface area contributed by atoms with Gasteiger partial charge in [-0.1, -0.05) is 6.92 Å². The fourth-order valence-electron chi connectivity index (χ4n) is 2.42. The van der Waals surface area contributed by atoms with Gasteiger partial charge in [-0.2, -0.15) is 5.10 Å². The zero-order chi connectivity index (χ0) is 12.4. The molecule has 96 valence electrons. The molecule has 0 aromatic carbocycles. The number of ether oxygens (including phenoxy) is 1. The van der Waals surface area contributed by atoms with E-state index in [9.17, 15) is 5.11 Å². The predicted octanol–water partition coefficient (Wildman–Crippen LogP) is 2.51. The molecule has 4 nitrogen and oxygen atoms in total. The Morgan fingerprint density at radius 1 is 1.71 bits per heavy atom. The van der Waals surface area contributed by atoms with Crippen LogP contribution in [0.5, 0.6) is 0 Å². The molecule has 17 heavy (non-hydrogen) atoms. The Kier molecular flexibility index (Phi) is 4.22. The number of rotatable bonds is 4. The minimum atomic E-state index is -0.504. The first-order valence-corrected chi connectivity index (χ1v) is 6.95. The molecular formula is C12H19BrN2O2. The summed E-state index contributed by atoms with van der Waals surface area (Å²) in [7, 11) is 0. The number of aromatic nitrogens is 2. The summed E-state index contributed by atoms with van der Waals surface area (Å²) < 4.78 is 8.29. The minimum Gasteiger partial charge on any atom is -0.386 e. The van der Waals surface area contributed by atoms with E-state index >= 15 is 0 Å². The third-order valence-electron chi connectivity index (χ3n) is 3.39. The van der Waals surface area contributed by atoms with Crippen molar-refractivity contribution < 1.29 is 9.84 Å². The zero-order valence-electron chi connectivity index (χ0n) is 10.3. The molecule has 1 N–H and O–H groups in total. The van der Waals surface area contributed by atoms with Crippen molar-refractivity contribution in [1.29, 1.82) is 0 Å². The van der Waals surface area contributed by atoms with Crippen LogP contribution in [0, 0.1) is 5.92 Å². The number of aliphatic hydroxyl groups is 1. The van der Waals surface area contributed by atoms with Gasteiger partial charge < -0.3 is 9.84 Å². The second-order valence-electron chi connectivity index (χ2n) is 4.57. The van der Waals surface area contributed by atoms with Crippen molar-refractivity contribution in [2.75, 3.05) is 6.61 Å². The van der Waals surface area contributed by atoms with E-state index in [1.807, 2.05) is 11.6 Å². The summed E-state index contributed by atoms with van der Waals surface area (Å²) in [5.74, 6) is 0.165. The molecule has 0 aliphatic carbocycles. The standard InChI is InChI=1S/C12H19BrN2O2/c1-3-5-15-11(10(13)7-14-15)12(16)9-4-6-17-8(9)2/h7-9,12,16H,3-6H2,1-2H3. The number of aryl methyl sites for hydroxylation is 1. The van der Waals surface area contributed by atoms with Crippen molar-refractivity contribution in [3.63, 3.8) is 0 Å². The Labute approximate surface area is 110 Å². The molecule has 1 fully saturated rings. The first-order chi connectivity index (χ1) is 8.15. The first kappa shape index (κ1) is 13.1. The van der Waals surface area contributed by atoms with Gasteiger partial charge in [0.1, 0.15) is 6.10 Å². The molecule has 0 radical (unpaired) electrons. The lowest BCUT2D eigenvalue weighted by Crippen LogP contribution is -2.22. The van der Waals surface area contributed by atoms with Gasteiger partial charge in [-0.15, -0.1) is 0 Å². The summed E-state index contributed by atoms with van der Waals surface area (Å²) in [5.41, 5.74) is 0.884. The van der Waals surface area contributed by atoms with Crippen molar-refractivity contribution in [1.82, 2.24) is 9.78 Å². The second kappa shape index (κ2) is 5.50. The van der Waals surface area contributed by atoms with Gasteiger partial charge >= 0.3 is 0 Å². The fraction of sp³-hybridized carbons (Fsp3) is 0.750. The van der Waals surface area contributed by atoms with Crippen molar-refractivity contribution in [2.24, 2.45) is 5.92 Å². The number of aliphatic hydroxyl groups excluding tert-OH is 1. The second-order valence-corrected chi connectivity index (χ2v) is 5.43. The Balaban J connectivity index is 2.22. The molecule has 3 atom stereocenters. The van der Waals surface area contributed by atoms with Crippen LogP contribution in [-0.2, 0) is 11.3 Å². The molecular weight excluding hydrogens is 284 g/mol. The van der Waals surface area contributed by atoms with Gasteiger partial charge in [0.05, 0.1) is 22.5 Å². The molecule has 1 aliphatic heterocycles. The molecule has 2 heterocycles. The van der Waals surface area contributed by atoms with E-state index in [4.69, 9.17) is 4.74 Å². The number of hydrogen-bond acceptors (Lipinski definition) is 3. The van der Waals surface area contributed by atoms with Crippen LogP contribution in [0.25, 0.3) is 0 Å². The maximum atomic E-state index is 10.5. The summed E-state index contributed by atoms with van der Waals surface area (Å²) >= 11 is 3.47. The molecule has 0 amide bonds. The van der Waals surface area contributed by atoms with Gasteiger partial charge in [-0.3, -0.25) is 4.68 Å². The van der Waals surface area contributed by atoms with Crippen molar-refractivity contribution >= 4 is 15.9 Å². The summed E-state index contributed by atoms with van der Waals surface area (Å²) in [4.78, 5) is 0. The lowest BCUT2D eigenvalue weighted by Gasteiger charge is -2.22. The van der Waals surface area contributed by atoms with Crippen LogP contribution in [0.1, 0.15) is 38.5 Å². The lowest BCUT2D eigenvalue weighted by molar-refractivity contribution is 0.0383. The van der Waals surface area contributed by atoms with Crippen molar-refractivity contribution in [2.45, 2.75) is 45.4 Å². The molecule has 5 heteroatoms. The zero-order valence-corrected chi connectivity index (χ0v) is 11.9. The van der Waals surface area contributed by atoms with E-state index in [1.54, 1.807) is 6.20 Å². The quantitative estimate of drug-likeness (QED) is 0.929. The van der Waals surface area contributed by atoms with Gasteiger partial charge in [-0.25, -0.2) is 0 Å². The van der Waals surface area contributed by atoms with Crippen molar-refractivity contribution in [3.05, 3.63) is 16.4 Å². The smallest absolute Gasteiger partial charge is 0.102 e. The lowest BCUT2D eigenvalue weighted by atomic mass is 9.93. The van der Waals surface area contributed by atoms with E-state index in [0.717, 1.165) is 36.2 Å². The Hall–Kier alpha value is -0.390. The predicted molar refractivity (Wildman–Crippen MR) is 68.7 cm³/mol. The molecule has 1 aromatic heterocycles. The summed E-state index contributed by atoms with van der Waals surface area (Å²) in [6.45, 7) is 5.70. The third-order valence-corrected chi connectivity index (χ3v) is 4.00. The van der Waals surface area contributed by atoms with Crippen molar-refractivity contribution in [3.8, 4) is 0 Å². The SMILES string of the molecule is CCCn1ncc(Br)c1C(O)C1CCOC1C. The van der Waals surface area contributed by atoms with Crippen LogP contribution in [0.2, 0.25) is 0 Å². The summed E-state index contributed by atoms with van der Waals surface area (Å²) in [6.07, 6.45) is 3.28.